The standard InChI is InChI=1S/C22H26ClFN2O2S/c1-15(2)25-22(28)16(3)26(14-17-6-4-5-7-20(17)24)21(27)12-13-29-19-10-8-18(23)9-11-19/h4-11,15-16H,12-14H2,1-3H3,(H,25,28)/t16-/m1/s1. The Morgan fingerprint density at radius 3 is 2.38 bits per heavy atom. The van der Waals surface area contributed by atoms with E-state index >= 15 is 0 Å². The van der Waals surface area contributed by atoms with Gasteiger partial charge >= 0.3 is 0 Å². The van der Waals surface area contributed by atoms with Crippen LogP contribution in [0.15, 0.2) is 53.4 Å². The van der Waals surface area contributed by atoms with E-state index in [0.29, 0.717) is 16.3 Å². The summed E-state index contributed by atoms with van der Waals surface area (Å²) in [7, 11) is 0. The number of thioether (sulfide) groups is 1. The SMILES string of the molecule is CC(C)NC(=O)[C@@H](C)N(Cc1ccccc1F)C(=O)CCSc1ccc(Cl)cc1. The van der Waals surface area contributed by atoms with Crippen molar-refractivity contribution in [3.8, 4) is 0 Å². The van der Waals surface area contributed by atoms with E-state index in [-0.39, 0.29) is 30.8 Å². The van der Waals surface area contributed by atoms with Crippen LogP contribution in [0.25, 0.3) is 0 Å². The number of amides is 2. The first-order valence-corrected chi connectivity index (χ1v) is 10.9. The van der Waals surface area contributed by atoms with Gasteiger partial charge in [-0.25, -0.2) is 4.39 Å². The van der Waals surface area contributed by atoms with Gasteiger partial charge in [-0.3, -0.25) is 9.59 Å². The lowest BCUT2D eigenvalue weighted by Crippen LogP contribution is -2.49. The van der Waals surface area contributed by atoms with Gasteiger partial charge in [0.15, 0.2) is 0 Å². The van der Waals surface area contributed by atoms with Crippen LogP contribution in [0.4, 0.5) is 4.39 Å². The van der Waals surface area contributed by atoms with Crippen LogP contribution in [0.5, 0.6) is 0 Å². The van der Waals surface area contributed by atoms with Crippen LogP contribution < -0.4 is 5.32 Å². The fourth-order valence-corrected chi connectivity index (χ4v) is 3.70. The fraction of sp³-hybridized carbons (Fsp3) is 0.364. The summed E-state index contributed by atoms with van der Waals surface area (Å²) in [6.07, 6.45) is 0.237. The van der Waals surface area contributed by atoms with Gasteiger partial charge < -0.3 is 10.2 Å². The van der Waals surface area contributed by atoms with E-state index in [9.17, 15) is 14.0 Å². The molecular weight excluding hydrogens is 411 g/mol. The number of nitrogens with zero attached hydrogens (tertiary/aromatic N) is 1. The van der Waals surface area contributed by atoms with E-state index in [2.05, 4.69) is 5.32 Å². The third-order valence-corrected chi connectivity index (χ3v) is 5.56. The van der Waals surface area contributed by atoms with Gasteiger partial charge in [-0.15, -0.1) is 11.8 Å². The zero-order valence-corrected chi connectivity index (χ0v) is 18.4. The van der Waals surface area contributed by atoms with Gasteiger partial charge in [0, 0.05) is 40.2 Å². The van der Waals surface area contributed by atoms with Crippen molar-refractivity contribution in [2.24, 2.45) is 0 Å². The highest BCUT2D eigenvalue weighted by Crippen LogP contribution is 2.22. The predicted octanol–water partition coefficient (Wildman–Crippen LogP) is 4.90. The molecule has 1 atom stereocenters. The lowest BCUT2D eigenvalue weighted by molar-refractivity contribution is -0.140. The molecule has 0 aliphatic carbocycles. The smallest absolute Gasteiger partial charge is 0.242 e. The molecule has 156 valence electrons. The van der Waals surface area contributed by atoms with Crippen LogP contribution >= 0.6 is 23.4 Å². The number of halogens is 2. The molecule has 0 heterocycles. The van der Waals surface area contributed by atoms with Crippen molar-refractivity contribution >= 4 is 35.2 Å². The largest absolute Gasteiger partial charge is 0.352 e. The molecule has 4 nitrogen and oxygen atoms in total. The number of hydrogen-bond donors (Lipinski definition) is 1. The monoisotopic (exact) mass is 436 g/mol. The van der Waals surface area contributed by atoms with Crippen LogP contribution in [0.2, 0.25) is 5.02 Å². The van der Waals surface area contributed by atoms with Gasteiger partial charge in [0.1, 0.15) is 11.9 Å². The molecule has 2 amide bonds. The second-order valence-corrected chi connectivity index (χ2v) is 8.61. The maximum atomic E-state index is 14.1. The third-order valence-electron chi connectivity index (χ3n) is 4.30. The molecule has 1 N–H and O–H groups in total. The molecule has 7 heteroatoms. The van der Waals surface area contributed by atoms with Crippen molar-refractivity contribution in [2.45, 2.75) is 50.7 Å². The lowest BCUT2D eigenvalue weighted by atomic mass is 10.1. The summed E-state index contributed by atoms with van der Waals surface area (Å²) < 4.78 is 14.1. The van der Waals surface area contributed by atoms with E-state index in [4.69, 9.17) is 11.6 Å². The summed E-state index contributed by atoms with van der Waals surface area (Å²) in [5.74, 6) is -0.291. The van der Waals surface area contributed by atoms with Crippen molar-refractivity contribution in [3.63, 3.8) is 0 Å². The summed E-state index contributed by atoms with van der Waals surface area (Å²) in [4.78, 5) is 27.9. The summed E-state index contributed by atoms with van der Waals surface area (Å²) in [5, 5.41) is 3.48. The number of rotatable bonds is 9. The molecule has 0 saturated carbocycles. The van der Waals surface area contributed by atoms with Gasteiger partial charge in [0.25, 0.3) is 0 Å². The van der Waals surface area contributed by atoms with Crippen molar-refractivity contribution in [1.82, 2.24) is 10.2 Å². The van der Waals surface area contributed by atoms with E-state index in [1.165, 1.54) is 22.7 Å². The summed E-state index contributed by atoms with van der Waals surface area (Å²) >= 11 is 7.42. The highest BCUT2D eigenvalue weighted by molar-refractivity contribution is 7.99. The molecular formula is C22H26ClFN2O2S. The number of carbonyl (C=O) groups is 2. The Labute approximate surface area is 180 Å². The average molecular weight is 437 g/mol. The van der Waals surface area contributed by atoms with Crippen molar-refractivity contribution in [3.05, 3.63) is 64.9 Å². The maximum absolute atomic E-state index is 14.1. The molecule has 2 rings (SSSR count). The molecule has 0 aromatic heterocycles. The molecule has 2 aromatic carbocycles. The molecule has 0 radical (unpaired) electrons. The second-order valence-electron chi connectivity index (χ2n) is 7.00. The Kier molecular flexibility index (Phi) is 8.99. The molecule has 0 fully saturated rings. The lowest BCUT2D eigenvalue weighted by Gasteiger charge is -2.29. The molecule has 0 saturated heterocycles. The normalized spacial score (nSPS) is 11.9. The molecule has 2 aromatic rings. The van der Waals surface area contributed by atoms with E-state index in [0.717, 1.165) is 4.90 Å². The second kappa shape index (κ2) is 11.2. The minimum absolute atomic E-state index is 0.0454. The average Bonchev–Trinajstić information content (AvgIpc) is 2.67. The van der Waals surface area contributed by atoms with Crippen LogP contribution in [0.1, 0.15) is 32.8 Å². The highest BCUT2D eigenvalue weighted by Gasteiger charge is 2.26. The van der Waals surface area contributed by atoms with E-state index in [1.54, 1.807) is 37.3 Å². The maximum Gasteiger partial charge on any atom is 0.242 e. The van der Waals surface area contributed by atoms with Crippen LogP contribution in [0.3, 0.4) is 0 Å². The Bertz CT molecular complexity index is 830. The number of benzene rings is 2. The third kappa shape index (κ3) is 7.37. The topological polar surface area (TPSA) is 49.4 Å². The number of carbonyl (C=O) groups excluding carboxylic acids is 2. The zero-order chi connectivity index (χ0) is 21.4. The van der Waals surface area contributed by atoms with Crippen LogP contribution in [-0.2, 0) is 16.1 Å². The molecule has 29 heavy (non-hydrogen) atoms. The first-order valence-electron chi connectivity index (χ1n) is 9.49. The first kappa shape index (κ1) is 23.2. The molecule has 0 spiro atoms. The minimum atomic E-state index is -0.704. The van der Waals surface area contributed by atoms with Gasteiger partial charge in [0.2, 0.25) is 11.8 Å². The zero-order valence-electron chi connectivity index (χ0n) is 16.8. The van der Waals surface area contributed by atoms with Crippen LogP contribution in [-0.4, -0.2) is 34.6 Å². The first-order chi connectivity index (χ1) is 13.8. The molecule has 0 aliphatic rings. The van der Waals surface area contributed by atoms with E-state index in [1.807, 2.05) is 26.0 Å². The molecule has 0 aliphatic heterocycles. The molecule has 0 bridgehead atoms. The highest BCUT2D eigenvalue weighted by atomic mass is 35.5. The van der Waals surface area contributed by atoms with Gasteiger partial charge in [0.05, 0.1) is 0 Å². The van der Waals surface area contributed by atoms with E-state index < -0.39 is 11.9 Å². The summed E-state index contributed by atoms with van der Waals surface area (Å²) in [6, 6.07) is 12.9. The fourth-order valence-electron chi connectivity index (χ4n) is 2.73. The molecule has 0 unspecified atom stereocenters. The van der Waals surface area contributed by atoms with Gasteiger partial charge in [-0.05, 0) is 51.1 Å². The minimum Gasteiger partial charge on any atom is -0.352 e. The van der Waals surface area contributed by atoms with Crippen molar-refractivity contribution in [2.75, 3.05) is 5.75 Å². The van der Waals surface area contributed by atoms with Crippen molar-refractivity contribution < 1.29 is 14.0 Å². The Morgan fingerprint density at radius 1 is 1.10 bits per heavy atom. The summed E-state index contributed by atoms with van der Waals surface area (Å²) in [5.41, 5.74) is 0.385. The quantitative estimate of drug-likeness (QED) is 0.568. The predicted molar refractivity (Wildman–Crippen MR) is 116 cm³/mol. The Morgan fingerprint density at radius 2 is 1.76 bits per heavy atom. The van der Waals surface area contributed by atoms with Crippen molar-refractivity contribution in [1.29, 1.82) is 0 Å². The number of nitrogens with one attached hydrogen (secondary N) is 1. The van der Waals surface area contributed by atoms with Gasteiger partial charge in [-0.1, -0.05) is 29.8 Å². The van der Waals surface area contributed by atoms with Gasteiger partial charge in [-0.2, -0.15) is 0 Å². The number of hydrogen-bond acceptors (Lipinski definition) is 3. The Hall–Kier alpha value is -2.05. The Balaban J connectivity index is 2.07. The van der Waals surface area contributed by atoms with Crippen LogP contribution in [0, 0.1) is 5.82 Å². The summed E-state index contributed by atoms with van der Waals surface area (Å²) in [6.45, 7) is 5.43.